The number of nitro benzene ring substituents is 1. The molecule has 0 aromatic heterocycles. The largest absolute Gasteiger partial charge is 0.872 e. The molecule has 3 aromatic rings. The van der Waals surface area contributed by atoms with Crippen molar-refractivity contribution in [1.29, 1.82) is 0 Å². The molecule has 0 radical (unpaired) electrons. The van der Waals surface area contributed by atoms with E-state index in [4.69, 9.17) is 4.74 Å². The second-order valence-corrected chi connectivity index (χ2v) is 5.83. The first kappa shape index (κ1) is 19.9. The lowest BCUT2D eigenvalue weighted by Gasteiger charge is -2.13. The van der Waals surface area contributed by atoms with Gasteiger partial charge < -0.3 is 9.84 Å². The van der Waals surface area contributed by atoms with E-state index in [9.17, 15) is 28.4 Å². The van der Waals surface area contributed by atoms with Crippen LogP contribution in [0.2, 0.25) is 0 Å². The van der Waals surface area contributed by atoms with Crippen molar-refractivity contribution in [3.8, 4) is 17.2 Å². The van der Waals surface area contributed by atoms with Crippen LogP contribution in [0, 0.1) is 10.1 Å². The number of ether oxygens (including phenoxy) is 1. The molecule has 3 aromatic carbocycles. The number of aliphatic imine (C=N–C) groups is 1. The lowest BCUT2D eigenvalue weighted by atomic mass is 10.1. The molecule has 0 bridgehead atoms. The van der Waals surface area contributed by atoms with Crippen molar-refractivity contribution in [1.82, 2.24) is 0 Å². The van der Waals surface area contributed by atoms with E-state index in [0.717, 1.165) is 42.6 Å². The molecular formula is C20H12F3N2O4-. The van der Waals surface area contributed by atoms with Crippen LogP contribution in [-0.4, -0.2) is 11.1 Å². The van der Waals surface area contributed by atoms with Gasteiger partial charge in [0, 0.05) is 18.3 Å². The number of alkyl halides is 3. The quantitative estimate of drug-likeness (QED) is 0.333. The summed E-state index contributed by atoms with van der Waals surface area (Å²) in [4.78, 5) is 14.1. The smallest absolute Gasteiger partial charge is 0.416 e. The van der Waals surface area contributed by atoms with Gasteiger partial charge in [-0.25, -0.2) is 0 Å². The van der Waals surface area contributed by atoms with Crippen LogP contribution < -0.4 is 9.84 Å². The molecule has 9 heteroatoms. The minimum Gasteiger partial charge on any atom is -0.872 e. The number of halogens is 3. The number of nitro groups is 1. The first-order chi connectivity index (χ1) is 13.7. The van der Waals surface area contributed by atoms with Gasteiger partial charge in [0.15, 0.2) is 5.75 Å². The number of non-ortho nitro benzene ring substituents is 1. The topological polar surface area (TPSA) is 87.8 Å². The van der Waals surface area contributed by atoms with Crippen molar-refractivity contribution in [2.45, 2.75) is 6.18 Å². The van der Waals surface area contributed by atoms with E-state index in [1.807, 2.05) is 0 Å². The van der Waals surface area contributed by atoms with Crippen LogP contribution in [0.15, 0.2) is 71.7 Å². The van der Waals surface area contributed by atoms with Crippen molar-refractivity contribution >= 4 is 17.6 Å². The lowest BCUT2D eigenvalue weighted by Crippen LogP contribution is -2.04. The van der Waals surface area contributed by atoms with Gasteiger partial charge in [-0.05, 0) is 35.9 Å². The van der Waals surface area contributed by atoms with Crippen LogP contribution in [0.4, 0.5) is 24.5 Å². The van der Waals surface area contributed by atoms with Crippen molar-refractivity contribution in [2.24, 2.45) is 4.99 Å². The highest BCUT2D eigenvalue weighted by molar-refractivity contribution is 5.86. The molecule has 0 aliphatic heterocycles. The molecule has 0 N–H and O–H groups in total. The minimum atomic E-state index is -4.61. The molecule has 29 heavy (non-hydrogen) atoms. The van der Waals surface area contributed by atoms with E-state index >= 15 is 0 Å². The van der Waals surface area contributed by atoms with Gasteiger partial charge in [0.05, 0.1) is 10.5 Å². The first-order valence-corrected chi connectivity index (χ1v) is 8.18. The van der Waals surface area contributed by atoms with Crippen LogP contribution in [0.1, 0.15) is 11.1 Å². The van der Waals surface area contributed by atoms with Gasteiger partial charge in [0.2, 0.25) is 0 Å². The maximum atomic E-state index is 13.1. The second kappa shape index (κ2) is 8.01. The van der Waals surface area contributed by atoms with E-state index < -0.39 is 22.4 Å². The zero-order valence-electron chi connectivity index (χ0n) is 14.6. The number of nitrogens with zero attached hydrogens (tertiary/aromatic N) is 2. The summed E-state index contributed by atoms with van der Waals surface area (Å²) in [6.07, 6.45) is -3.63. The Morgan fingerprint density at radius 3 is 2.38 bits per heavy atom. The fourth-order valence-corrected chi connectivity index (χ4v) is 2.39. The molecular weight excluding hydrogens is 389 g/mol. The summed E-state index contributed by atoms with van der Waals surface area (Å²) in [6, 6.07) is 14.1. The maximum absolute atomic E-state index is 13.1. The van der Waals surface area contributed by atoms with E-state index in [1.165, 1.54) is 0 Å². The molecule has 0 unspecified atom stereocenters. The SMILES string of the molecule is O=[N+]([O-])c1ccc([O-])c(C=Nc2cc(C(F)(F)F)ccc2Oc2ccccc2)c1. The van der Waals surface area contributed by atoms with E-state index in [1.54, 1.807) is 30.3 Å². The minimum absolute atomic E-state index is 0.0262. The molecule has 0 fully saturated rings. The van der Waals surface area contributed by atoms with E-state index in [0.29, 0.717) is 5.75 Å². The summed E-state index contributed by atoms with van der Waals surface area (Å²) in [5.74, 6) is -0.154. The highest BCUT2D eigenvalue weighted by Gasteiger charge is 2.31. The fourth-order valence-electron chi connectivity index (χ4n) is 2.39. The van der Waals surface area contributed by atoms with E-state index in [2.05, 4.69) is 4.99 Å². The normalized spacial score (nSPS) is 11.6. The molecule has 0 aliphatic rings. The number of rotatable bonds is 5. The van der Waals surface area contributed by atoms with Crippen LogP contribution in [0.5, 0.6) is 17.2 Å². The Bertz CT molecular complexity index is 1070. The Balaban J connectivity index is 2.02. The number of para-hydroxylation sites is 1. The molecule has 0 aliphatic carbocycles. The Labute approximate surface area is 162 Å². The molecule has 3 rings (SSSR count). The number of hydrogen-bond acceptors (Lipinski definition) is 5. The van der Waals surface area contributed by atoms with Gasteiger partial charge in [0.25, 0.3) is 5.69 Å². The van der Waals surface area contributed by atoms with Crippen molar-refractivity contribution in [3.05, 3.63) is 88.0 Å². The summed E-state index contributed by atoms with van der Waals surface area (Å²) in [7, 11) is 0. The van der Waals surface area contributed by atoms with E-state index in [-0.39, 0.29) is 22.7 Å². The summed E-state index contributed by atoms with van der Waals surface area (Å²) in [5, 5.41) is 22.8. The summed E-state index contributed by atoms with van der Waals surface area (Å²) >= 11 is 0. The summed E-state index contributed by atoms with van der Waals surface area (Å²) in [5.41, 5.74) is -1.61. The highest BCUT2D eigenvalue weighted by atomic mass is 19.4. The van der Waals surface area contributed by atoms with Crippen LogP contribution >= 0.6 is 0 Å². The van der Waals surface area contributed by atoms with Crippen LogP contribution in [-0.2, 0) is 6.18 Å². The van der Waals surface area contributed by atoms with Gasteiger partial charge in [0.1, 0.15) is 11.4 Å². The fraction of sp³-hybridized carbons (Fsp3) is 0.0500. The average molecular weight is 401 g/mol. The molecule has 0 amide bonds. The molecule has 6 nitrogen and oxygen atoms in total. The third-order valence-electron chi connectivity index (χ3n) is 3.80. The zero-order chi connectivity index (χ0) is 21.0. The van der Waals surface area contributed by atoms with Gasteiger partial charge >= 0.3 is 6.18 Å². The van der Waals surface area contributed by atoms with Gasteiger partial charge in [-0.1, -0.05) is 30.0 Å². The van der Waals surface area contributed by atoms with Gasteiger partial charge in [-0.3, -0.25) is 15.1 Å². The third kappa shape index (κ3) is 4.89. The molecule has 0 spiro atoms. The predicted molar refractivity (Wildman–Crippen MR) is 97.8 cm³/mol. The summed E-state index contributed by atoms with van der Waals surface area (Å²) in [6.45, 7) is 0. The number of hydrogen-bond donors (Lipinski definition) is 0. The monoisotopic (exact) mass is 401 g/mol. The molecule has 0 saturated carbocycles. The third-order valence-corrected chi connectivity index (χ3v) is 3.80. The Morgan fingerprint density at radius 2 is 1.72 bits per heavy atom. The molecule has 0 saturated heterocycles. The molecule has 0 heterocycles. The van der Waals surface area contributed by atoms with Crippen LogP contribution in [0.25, 0.3) is 0 Å². The van der Waals surface area contributed by atoms with Crippen molar-refractivity contribution < 1.29 is 27.9 Å². The first-order valence-electron chi connectivity index (χ1n) is 8.18. The van der Waals surface area contributed by atoms with Gasteiger partial charge in [-0.2, -0.15) is 13.2 Å². The van der Waals surface area contributed by atoms with Gasteiger partial charge in [-0.15, -0.1) is 0 Å². The van der Waals surface area contributed by atoms with Crippen LogP contribution in [0.3, 0.4) is 0 Å². The highest BCUT2D eigenvalue weighted by Crippen LogP contribution is 2.38. The average Bonchev–Trinajstić information content (AvgIpc) is 2.68. The molecule has 0 atom stereocenters. The Morgan fingerprint density at radius 1 is 1.00 bits per heavy atom. The summed E-state index contributed by atoms with van der Waals surface area (Å²) < 4.78 is 44.8. The number of benzene rings is 3. The zero-order valence-corrected chi connectivity index (χ0v) is 14.6. The second-order valence-electron chi connectivity index (χ2n) is 5.83. The van der Waals surface area contributed by atoms with Crippen molar-refractivity contribution in [3.63, 3.8) is 0 Å². The Hall–Kier alpha value is -3.88. The van der Waals surface area contributed by atoms with Crippen molar-refractivity contribution in [2.75, 3.05) is 0 Å². The lowest BCUT2D eigenvalue weighted by molar-refractivity contribution is -0.385. The predicted octanol–water partition coefficient (Wildman–Crippen LogP) is 5.23. The molecule has 148 valence electrons. The Kier molecular flexibility index (Phi) is 5.49. The maximum Gasteiger partial charge on any atom is 0.416 e. The standard InChI is InChI=1S/C20H13F3N2O4/c21-20(22,23)14-6-9-19(29-16-4-2-1-3-5-16)17(11-14)24-12-13-10-15(25(27)28)7-8-18(13)26/h1-12,26H/p-1.